The fourth-order valence-electron chi connectivity index (χ4n) is 1.32. The highest BCUT2D eigenvalue weighted by atomic mass is 19.3. The Morgan fingerprint density at radius 3 is 2.62 bits per heavy atom. The molecule has 1 rings (SSSR count). The van der Waals surface area contributed by atoms with Crippen molar-refractivity contribution in [1.29, 1.82) is 0 Å². The van der Waals surface area contributed by atoms with Gasteiger partial charge in [-0.15, -0.1) is 0 Å². The van der Waals surface area contributed by atoms with Crippen LogP contribution in [-0.4, -0.2) is 24.2 Å². The van der Waals surface area contributed by atoms with Crippen molar-refractivity contribution < 1.29 is 18.6 Å². The third-order valence-corrected chi connectivity index (χ3v) is 2.36. The van der Waals surface area contributed by atoms with E-state index in [9.17, 15) is 13.9 Å². The number of methoxy groups -OCH3 is 1. The lowest BCUT2D eigenvalue weighted by Gasteiger charge is -2.24. The molecule has 3 N–H and O–H groups in total. The minimum atomic E-state index is -2.65. The van der Waals surface area contributed by atoms with Crippen LogP contribution in [0.5, 0.6) is 11.5 Å². The van der Waals surface area contributed by atoms with E-state index < -0.39 is 12.0 Å². The second-order valence-electron chi connectivity index (χ2n) is 3.98. The van der Waals surface area contributed by atoms with E-state index in [4.69, 9.17) is 10.5 Å². The summed E-state index contributed by atoms with van der Waals surface area (Å²) in [4.78, 5) is 0. The fraction of sp³-hybridized carbons (Fsp3) is 0.455. The lowest BCUT2D eigenvalue weighted by Crippen LogP contribution is -2.45. The van der Waals surface area contributed by atoms with E-state index in [1.165, 1.54) is 26.2 Å². The zero-order chi connectivity index (χ0) is 12.3. The Labute approximate surface area is 92.8 Å². The van der Waals surface area contributed by atoms with Crippen molar-refractivity contribution in [1.82, 2.24) is 0 Å². The topological polar surface area (TPSA) is 55.5 Å². The summed E-state index contributed by atoms with van der Waals surface area (Å²) >= 11 is 0. The Bertz CT molecular complexity index is 367. The molecule has 0 spiro atoms. The lowest BCUT2D eigenvalue weighted by atomic mass is 9.94. The number of phenols is 1. The number of aromatic hydroxyl groups is 1. The van der Waals surface area contributed by atoms with Crippen molar-refractivity contribution in [2.75, 3.05) is 7.11 Å². The molecule has 0 aliphatic carbocycles. The number of rotatable bonds is 4. The number of hydrogen-bond donors (Lipinski definition) is 2. The number of nitrogens with two attached hydrogens (primary N) is 1. The molecule has 0 radical (unpaired) electrons. The molecule has 1 unspecified atom stereocenters. The molecule has 0 fully saturated rings. The molecule has 0 amide bonds. The van der Waals surface area contributed by atoms with Crippen LogP contribution in [0.4, 0.5) is 8.78 Å². The third-order valence-electron chi connectivity index (χ3n) is 2.36. The van der Waals surface area contributed by atoms with Crippen LogP contribution in [0.1, 0.15) is 12.5 Å². The molecule has 0 aliphatic heterocycles. The molecule has 0 bridgehead atoms. The van der Waals surface area contributed by atoms with Crippen LogP contribution in [0.2, 0.25) is 0 Å². The third kappa shape index (κ3) is 2.82. The predicted molar refractivity (Wildman–Crippen MR) is 57.0 cm³/mol. The summed E-state index contributed by atoms with van der Waals surface area (Å²) in [5, 5.41) is 9.52. The molecule has 3 nitrogen and oxygen atoms in total. The van der Waals surface area contributed by atoms with E-state index in [1.54, 1.807) is 6.07 Å². The molecule has 90 valence electrons. The number of hydrogen-bond acceptors (Lipinski definition) is 3. The van der Waals surface area contributed by atoms with E-state index in [0.29, 0.717) is 11.3 Å². The zero-order valence-electron chi connectivity index (χ0n) is 9.21. The molecule has 0 aromatic heterocycles. The highest BCUT2D eigenvalue weighted by molar-refractivity contribution is 5.40. The summed E-state index contributed by atoms with van der Waals surface area (Å²) in [7, 11) is 1.46. The summed E-state index contributed by atoms with van der Waals surface area (Å²) in [5.74, 6) is 0.441. The van der Waals surface area contributed by atoms with Crippen LogP contribution < -0.4 is 10.5 Å². The van der Waals surface area contributed by atoms with Crippen molar-refractivity contribution in [3.63, 3.8) is 0 Å². The Morgan fingerprint density at radius 2 is 2.12 bits per heavy atom. The van der Waals surface area contributed by atoms with Gasteiger partial charge in [0.05, 0.1) is 12.6 Å². The highest BCUT2D eigenvalue weighted by Crippen LogP contribution is 2.27. The van der Waals surface area contributed by atoms with E-state index in [2.05, 4.69) is 0 Å². The zero-order valence-corrected chi connectivity index (χ0v) is 9.21. The molecule has 0 heterocycles. The minimum Gasteiger partial charge on any atom is -0.508 e. The molecular formula is C11H15F2NO2. The van der Waals surface area contributed by atoms with Gasteiger partial charge >= 0.3 is 0 Å². The molecule has 1 atom stereocenters. The highest BCUT2D eigenvalue weighted by Gasteiger charge is 2.31. The van der Waals surface area contributed by atoms with E-state index in [0.717, 1.165) is 0 Å². The van der Waals surface area contributed by atoms with Gasteiger partial charge in [-0.05, 0) is 37.1 Å². The average molecular weight is 231 g/mol. The van der Waals surface area contributed by atoms with Crippen molar-refractivity contribution in [2.24, 2.45) is 5.73 Å². The van der Waals surface area contributed by atoms with Crippen molar-refractivity contribution in [3.8, 4) is 11.5 Å². The van der Waals surface area contributed by atoms with Gasteiger partial charge in [-0.3, -0.25) is 0 Å². The van der Waals surface area contributed by atoms with Crippen LogP contribution in [0.3, 0.4) is 0 Å². The number of alkyl halides is 2. The molecule has 16 heavy (non-hydrogen) atoms. The van der Waals surface area contributed by atoms with Crippen LogP contribution in [0, 0.1) is 0 Å². The van der Waals surface area contributed by atoms with Gasteiger partial charge in [0.15, 0.2) is 0 Å². The second-order valence-corrected chi connectivity index (χ2v) is 3.98. The van der Waals surface area contributed by atoms with E-state index >= 15 is 0 Å². The Morgan fingerprint density at radius 1 is 1.50 bits per heavy atom. The largest absolute Gasteiger partial charge is 0.508 e. The first-order valence-electron chi connectivity index (χ1n) is 4.79. The minimum absolute atomic E-state index is 0.0573. The molecule has 5 heteroatoms. The van der Waals surface area contributed by atoms with Crippen LogP contribution in [-0.2, 0) is 6.42 Å². The molecule has 0 saturated heterocycles. The fourth-order valence-corrected chi connectivity index (χ4v) is 1.32. The van der Waals surface area contributed by atoms with Gasteiger partial charge < -0.3 is 15.6 Å². The normalized spacial score (nSPS) is 14.9. The smallest absolute Gasteiger partial charge is 0.256 e. The first kappa shape index (κ1) is 12.7. The summed E-state index contributed by atoms with van der Waals surface area (Å²) in [6.07, 6.45) is -2.77. The van der Waals surface area contributed by atoms with Gasteiger partial charge in [0.2, 0.25) is 0 Å². The molecule has 1 aromatic rings. The van der Waals surface area contributed by atoms with Crippen LogP contribution in [0.25, 0.3) is 0 Å². The Balaban J connectivity index is 2.96. The maximum absolute atomic E-state index is 12.6. The average Bonchev–Trinajstić information content (AvgIpc) is 2.21. The predicted octanol–water partition coefficient (Wildman–Crippen LogP) is 1.93. The summed E-state index contributed by atoms with van der Waals surface area (Å²) in [5.41, 5.74) is 4.14. The van der Waals surface area contributed by atoms with Gasteiger partial charge in [0.1, 0.15) is 11.5 Å². The van der Waals surface area contributed by atoms with Crippen molar-refractivity contribution in [2.45, 2.75) is 25.3 Å². The lowest BCUT2D eigenvalue weighted by molar-refractivity contribution is 0.0636. The van der Waals surface area contributed by atoms with Gasteiger partial charge in [-0.2, -0.15) is 0 Å². The summed E-state index contributed by atoms with van der Waals surface area (Å²) in [6.45, 7) is 1.25. The molecule has 0 saturated carbocycles. The second kappa shape index (κ2) is 4.65. The van der Waals surface area contributed by atoms with Crippen molar-refractivity contribution >= 4 is 0 Å². The van der Waals surface area contributed by atoms with Crippen LogP contribution >= 0.6 is 0 Å². The summed E-state index contributed by atoms with van der Waals surface area (Å²) < 4.78 is 30.1. The molecule has 0 aliphatic rings. The van der Waals surface area contributed by atoms with Gasteiger partial charge in [0.25, 0.3) is 6.43 Å². The quantitative estimate of drug-likeness (QED) is 0.832. The maximum atomic E-state index is 12.6. The van der Waals surface area contributed by atoms with Gasteiger partial charge in [-0.1, -0.05) is 0 Å². The molecule has 1 aromatic carbocycles. The first-order valence-corrected chi connectivity index (χ1v) is 4.79. The molecular weight excluding hydrogens is 216 g/mol. The maximum Gasteiger partial charge on any atom is 0.256 e. The number of phenolic OH excluding ortho intramolecular Hbond substituents is 1. The number of halogens is 2. The van der Waals surface area contributed by atoms with Crippen LogP contribution in [0.15, 0.2) is 18.2 Å². The summed E-state index contributed by atoms with van der Waals surface area (Å²) in [6, 6.07) is 4.45. The standard InChI is InChI=1S/C11H15F2NO2/c1-11(14,10(12)13)6-7-5-8(16-2)3-4-9(7)15/h3-5,10,15H,6,14H2,1-2H3. The SMILES string of the molecule is COc1ccc(O)c(CC(C)(N)C(F)F)c1. The van der Waals surface area contributed by atoms with E-state index in [-0.39, 0.29) is 12.2 Å². The number of ether oxygens (including phenoxy) is 1. The Kier molecular flexibility index (Phi) is 3.70. The van der Waals surface area contributed by atoms with E-state index in [1.807, 2.05) is 0 Å². The van der Waals surface area contributed by atoms with Gasteiger partial charge in [0, 0.05) is 0 Å². The van der Waals surface area contributed by atoms with Gasteiger partial charge in [-0.25, -0.2) is 8.78 Å². The first-order chi connectivity index (χ1) is 7.36. The number of benzene rings is 1. The Hall–Kier alpha value is -1.36. The monoisotopic (exact) mass is 231 g/mol. The van der Waals surface area contributed by atoms with Crippen molar-refractivity contribution in [3.05, 3.63) is 23.8 Å².